The van der Waals surface area contributed by atoms with Crippen molar-refractivity contribution in [1.29, 1.82) is 0 Å². The molecule has 0 bridgehead atoms. The Kier molecular flexibility index (Phi) is 6.48. The highest BCUT2D eigenvalue weighted by Gasteiger charge is 2.30. The Morgan fingerprint density at radius 2 is 2.00 bits per heavy atom. The molecule has 0 radical (unpaired) electrons. The molecule has 1 aromatic heterocycles. The lowest BCUT2D eigenvalue weighted by Crippen LogP contribution is -2.53. The molecule has 2 fully saturated rings. The van der Waals surface area contributed by atoms with Gasteiger partial charge < -0.3 is 15.5 Å². The number of anilines is 1. The van der Waals surface area contributed by atoms with Gasteiger partial charge in [-0.25, -0.2) is 4.98 Å². The third-order valence-corrected chi connectivity index (χ3v) is 5.70. The first-order chi connectivity index (χ1) is 12.5. The summed E-state index contributed by atoms with van der Waals surface area (Å²) in [5, 5.41) is 0. The number of rotatable bonds is 5. The first-order valence-corrected chi connectivity index (χ1v) is 9.97. The van der Waals surface area contributed by atoms with Crippen LogP contribution in [-0.4, -0.2) is 72.5 Å². The van der Waals surface area contributed by atoms with Gasteiger partial charge in [0.15, 0.2) is 0 Å². The van der Waals surface area contributed by atoms with Crippen LogP contribution in [0.4, 0.5) is 5.82 Å². The molecule has 6 heteroatoms. The first kappa shape index (κ1) is 19.1. The quantitative estimate of drug-likeness (QED) is 0.861. The van der Waals surface area contributed by atoms with Gasteiger partial charge in [-0.2, -0.15) is 0 Å². The molecule has 3 heterocycles. The summed E-state index contributed by atoms with van der Waals surface area (Å²) in [6.07, 6.45) is 4.16. The largest absolute Gasteiger partial charge is 0.354 e. The van der Waals surface area contributed by atoms with Gasteiger partial charge in [-0.05, 0) is 36.8 Å². The van der Waals surface area contributed by atoms with Gasteiger partial charge in [0.1, 0.15) is 5.82 Å². The summed E-state index contributed by atoms with van der Waals surface area (Å²) in [5.74, 6) is 1.96. The van der Waals surface area contributed by atoms with E-state index in [-0.39, 0.29) is 17.9 Å². The SMILES string of the molecule is CC(C)[C@H](N)C(=O)N1CCCC(CN2CCN(c3ccccn3)CC2)C1. The molecule has 2 N–H and O–H groups in total. The normalized spacial score (nSPS) is 23.3. The number of piperidine rings is 1. The summed E-state index contributed by atoms with van der Waals surface area (Å²) in [6.45, 7) is 11.0. The fourth-order valence-electron chi connectivity index (χ4n) is 3.98. The van der Waals surface area contributed by atoms with Crippen molar-refractivity contribution in [1.82, 2.24) is 14.8 Å². The third-order valence-electron chi connectivity index (χ3n) is 5.70. The number of carbonyl (C=O) groups is 1. The molecule has 1 unspecified atom stereocenters. The highest BCUT2D eigenvalue weighted by Crippen LogP contribution is 2.21. The Morgan fingerprint density at radius 3 is 2.65 bits per heavy atom. The molecule has 0 aliphatic carbocycles. The van der Waals surface area contributed by atoms with Crippen molar-refractivity contribution in [3.05, 3.63) is 24.4 Å². The Morgan fingerprint density at radius 1 is 1.23 bits per heavy atom. The monoisotopic (exact) mass is 359 g/mol. The zero-order valence-electron chi connectivity index (χ0n) is 16.2. The van der Waals surface area contributed by atoms with Crippen LogP contribution in [0, 0.1) is 11.8 Å². The molecule has 2 saturated heterocycles. The van der Waals surface area contributed by atoms with Crippen molar-refractivity contribution in [2.24, 2.45) is 17.6 Å². The Bertz CT molecular complexity index is 571. The molecule has 6 nitrogen and oxygen atoms in total. The highest BCUT2D eigenvalue weighted by atomic mass is 16.2. The van der Waals surface area contributed by atoms with Gasteiger partial charge in [0.2, 0.25) is 5.91 Å². The summed E-state index contributed by atoms with van der Waals surface area (Å²) in [7, 11) is 0. The van der Waals surface area contributed by atoms with Gasteiger partial charge in [-0.1, -0.05) is 19.9 Å². The smallest absolute Gasteiger partial charge is 0.239 e. The molecule has 2 aliphatic heterocycles. The molecule has 26 heavy (non-hydrogen) atoms. The van der Waals surface area contributed by atoms with E-state index in [9.17, 15) is 4.79 Å². The van der Waals surface area contributed by atoms with Gasteiger partial charge in [-0.15, -0.1) is 0 Å². The minimum Gasteiger partial charge on any atom is -0.354 e. The van der Waals surface area contributed by atoms with Crippen molar-refractivity contribution >= 4 is 11.7 Å². The van der Waals surface area contributed by atoms with E-state index in [0.29, 0.717) is 5.92 Å². The summed E-state index contributed by atoms with van der Waals surface area (Å²) >= 11 is 0. The van der Waals surface area contributed by atoms with Crippen LogP contribution in [0.5, 0.6) is 0 Å². The number of nitrogens with zero attached hydrogens (tertiary/aromatic N) is 4. The number of aromatic nitrogens is 1. The fraction of sp³-hybridized carbons (Fsp3) is 0.700. The molecule has 144 valence electrons. The number of amides is 1. The minimum absolute atomic E-state index is 0.129. The average Bonchev–Trinajstić information content (AvgIpc) is 2.68. The number of likely N-dealkylation sites (tertiary alicyclic amines) is 1. The van der Waals surface area contributed by atoms with Crippen LogP contribution < -0.4 is 10.6 Å². The molecule has 1 amide bonds. The van der Waals surface area contributed by atoms with E-state index < -0.39 is 0 Å². The summed E-state index contributed by atoms with van der Waals surface area (Å²) in [5.41, 5.74) is 6.08. The number of nitrogens with two attached hydrogens (primary N) is 1. The zero-order valence-corrected chi connectivity index (χ0v) is 16.2. The van der Waals surface area contributed by atoms with Gasteiger partial charge >= 0.3 is 0 Å². The predicted molar refractivity (Wildman–Crippen MR) is 105 cm³/mol. The van der Waals surface area contributed by atoms with Crippen LogP contribution in [0.2, 0.25) is 0 Å². The van der Waals surface area contributed by atoms with Crippen LogP contribution in [0.25, 0.3) is 0 Å². The Balaban J connectivity index is 1.47. The predicted octanol–water partition coefficient (Wildman–Crippen LogP) is 1.43. The molecule has 2 aliphatic rings. The summed E-state index contributed by atoms with van der Waals surface area (Å²) < 4.78 is 0. The van der Waals surface area contributed by atoms with E-state index in [1.165, 1.54) is 6.42 Å². The molecule has 0 spiro atoms. The first-order valence-electron chi connectivity index (χ1n) is 9.97. The number of piperazine rings is 1. The van der Waals surface area contributed by atoms with E-state index in [2.05, 4.69) is 20.9 Å². The van der Waals surface area contributed by atoms with Crippen molar-refractivity contribution in [3.8, 4) is 0 Å². The second-order valence-electron chi connectivity index (χ2n) is 8.04. The van der Waals surface area contributed by atoms with E-state index >= 15 is 0 Å². The maximum atomic E-state index is 12.6. The molecule has 1 aromatic rings. The molecular formula is C20H33N5O. The molecule has 0 saturated carbocycles. The molecule has 2 atom stereocenters. The second-order valence-corrected chi connectivity index (χ2v) is 8.04. The number of carbonyl (C=O) groups excluding carboxylic acids is 1. The van der Waals surface area contributed by atoms with Crippen molar-refractivity contribution < 1.29 is 4.79 Å². The molecular weight excluding hydrogens is 326 g/mol. The maximum Gasteiger partial charge on any atom is 0.239 e. The van der Waals surface area contributed by atoms with Gasteiger partial charge in [0.05, 0.1) is 6.04 Å². The minimum atomic E-state index is -0.365. The maximum absolute atomic E-state index is 12.6. The highest BCUT2D eigenvalue weighted by molar-refractivity contribution is 5.82. The van der Waals surface area contributed by atoms with Crippen LogP contribution in [0.3, 0.4) is 0 Å². The summed E-state index contributed by atoms with van der Waals surface area (Å²) in [6, 6.07) is 5.72. The fourth-order valence-corrected chi connectivity index (χ4v) is 3.98. The average molecular weight is 360 g/mol. The number of hydrogen-bond acceptors (Lipinski definition) is 5. The number of hydrogen-bond donors (Lipinski definition) is 1. The van der Waals surface area contributed by atoms with E-state index in [1.807, 2.05) is 37.1 Å². The van der Waals surface area contributed by atoms with Crippen LogP contribution in [0.1, 0.15) is 26.7 Å². The van der Waals surface area contributed by atoms with Crippen LogP contribution >= 0.6 is 0 Å². The topological polar surface area (TPSA) is 65.7 Å². The molecule has 0 aromatic carbocycles. The van der Waals surface area contributed by atoms with E-state index in [0.717, 1.165) is 58.1 Å². The summed E-state index contributed by atoms with van der Waals surface area (Å²) in [4.78, 5) is 23.9. The Labute approximate surface area is 157 Å². The van der Waals surface area contributed by atoms with Gasteiger partial charge in [0, 0.05) is 52.0 Å². The lowest BCUT2D eigenvalue weighted by molar-refractivity contribution is -0.135. The van der Waals surface area contributed by atoms with Crippen LogP contribution in [-0.2, 0) is 4.79 Å². The second kappa shape index (κ2) is 8.82. The van der Waals surface area contributed by atoms with Crippen molar-refractivity contribution in [2.45, 2.75) is 32.7 Å². The van der Waals surface area contributed by atoms with Crippen molar-refractivity contribution in [2.75, 3.05) is 50.7 Å². The van der Waals surface area contributed by atoms with Crippen LogP contribution in [0.15, 0.2) is 24.4 Å². The van der Waals surface area contributed by atoms with Gasteiger partial charge in [0.25, 0.3) is 0 Å². The third kappa shape index (κ3) is 4.74. The van der Waals surface area contributed by atoms with E-state index in [4.69, 9.17) is 5.73 Å². The van der Waals surface area contributed by atoms with E-state index in [1.54, 1.807) is 0 Å². The Hall–Kier alpha value is -1.66. The zero-order chi connectivity index (χ0) is 18.5. The van der Waals surface area contributed by atoms with Gasteiger partial charge in [-0.3, -0.25) is 9.69 Å². The molecule has 3 rings (SSSR count). The lowest BCUT2D eigenvalue weighted by atomic mass is 9.95. The van der Waals surface area contributed by atoms with Crippen molar-refractivity contribution in [3.63, 3.8) is 0 Å². The standard InChI is InChI=1S/C20H33N5O/c1-16(2)19(21)20(26)25-9-5-6-17(15-25)14-23-10-12-24(13-11-23)18-7-3-4-8-22-18/h3-4,7-8,16-17,19H,5-6,9-15,21H2,1-2H3/t17?,19-/m0/s1. The lowest BCUT2D eigenvalue weighted by Gasteiger charge is -2.40. The number of pyridine rings is 1.